The molecule has 8 heteroatoms. The molecule has 0 bridgehead atoms. The zero-order chi connectivity index (χ0) is 23.0. The second-order valence-electron chi connectivity index (χ2n) is 9.06. The number of hydrogen-bond donors (Lipinski definition) is 2. The van der Waals surface area contributed by atoms with Crippen LogP contribution in [-0.2, 0) is 16.0 Å². The number of aryl methyl sites for hydroxylation is 1. The third-order valence-electron chi connectivity index (χ3n) is 7.04. The normalized spacial score (nSPS) is 19.1. The number of fused-ring (bicyclic) bond motifs is 1. The largest absolute Gasteiger partial charge is 0.343 e. The van der Waals surface area contributed by atoms with Crippen LogP contribution in [0.3, 0.4) is 0 Å². The quantitative estimate of drug-likeness (QED) is 0.520. The predicted octanol–water partition coefficient (Wildman–Crippen LogP) is 4.62. The molecule has 172 valence electrons. The van der Waals surface area contributed by atoms with Crippen LogP contribution in [0, 0.1) is 17.2 Å². The van der Waals surface area contributed by atoms with Crippen LogP contribution in [0.15, 0.2) is 47.4 Å². The highest BCUT2D eigenvalue weighted by atomic mass is 32.2. The first kappa shape index (κ1) is 21.9. The molecule has 2 aliphatic rings. The Balaban J connectivity index is 1.10. The van der Waals surface area contributed by atoms with Gasteiger partial charge >= 0.3 is 0 Å². The molecule has 2 amide bonds. The Kier molecular flexibility index (Phi) is 5.86. The molecule has 2 fully saturated rings. The van der Waals surface area contributed by atoms with Gasteiger partial charge in [-0.1, -0.05) is 0 Å². The maximum absolute atomic E-state index is 13.4. The SMILES string of the molecule is CSc1ccc(NC(=O)[C@H]2CC23CCN(C(=O)CCc2nc4ccc(F)cc4[nH]2)CC3)cc1. The van der Waals surface area contributed by atoms with Gasteiger partial charge in [0, 0.05) is 42.4 Å². The number of anilines is 1. The Labute approximate surface area is 196 Å². The summed E-state index contributed by atoms with van der Waals surface area (Å²) < 4.78 is 13.4. The van der Waals surface area contributed by atoms with Crippen molar-refractivity contribution in [3.63, 3.8) is 0 Å². The summed E-state index contributed by atoms with van der Waals surface area (Å²) in [5.74, 6) is 0.615. The molecule has 1 saturated heterocycles. The summed E-state index contributed by atoms with van der Waals surface area (Å²) in [5, 5.41) is 3.05. The number of rotatable bonds is 6. The van der Waals surface area contributed by atoms with Gasteiger partial charge in [0.05, 0.1) is 11.0 Å². The number of thioether (sulfide) groups is 1. The molecule has 1 atom stereocenters. The molecule has 1 aliphatic carbocycles. The van der Waals surface area contributed by atoms with Gasteiger partial charge in [-0.2, -0.15) is 0 Å². The summed E-state index contributed by atoms with van der Waals surface area (Å²) in [6.45, 7) is 1.38. The van der Waals surface area contributed by atoms with Crippen molar-refractivity contribution in [1.82, 2.24) is 14.9 Å². The second-order valence-corrected chi connectivity index (χ2v) is 9.94. The Hall–Kier alpha value is -2.87. The lowest BCUT2D eigenvalue weighted by Gasteiger charge is -2.33. The molecule has 6 nitrogen and oxygen atoms in total. The topological polar surface area (TPSA) is 78.1 Å². The fraction of sp³-hybridized carbons (Fsp3) is 0.400. The van der Waals surface area contributed by atoms with E-state index in [2.05, 4.69) is 15.3 Å². The summed E-state index contributed by atoms with van der Waals surface area (Å²) in [4.78, 5) is 36.1. The smallest absolute Gasteiger partial charge is 0.228 e. The van der Waals surface area contributed by atoms with Crippen molar-refractivity contribution in [1.29, 1.82) is 0 Å². The van der Waals surface area contributed by atoms with Crippen LogP contribution >= 0.6 is 11.8 Å². The number of likely N-dealkylation sites (tertiary alicyclic amines) is 1. The number of hydrogen-bond acceptors (Lipinski definition) is 4. The van der Waals surface area contributed by atoms with Crippen LogP contribution in [0.25, 0.3) is 11.0 Å². The number of amides is 2. The molecule has 1 aliphatic heterocycles. The van der Waals surface area contributed by atoms with Crippen molar-refractivity contribution in [2.75, 3.05) is 24.7 Å². The lowest BCUT2D eigenvalue weighted by atomic mass is 9.90. The van der Waals surface area contributed by atoms with Gasteiger partial charge in [0.2, 0.25) is 11.8 Å². The molecule has 0 unspecified atom stereocenters. The van der Waals surface area contributed by atoms with Crippen molar-refractivity contribution < 1.29 is 14.0 Å². The number of nitrogens with one attached hydrogen (secondary N) is 2. The van der Waals surface area contributed by atoms with Crippen LogP contribution in [0.5, 0.6) is 0 Å². The van der Waals surface area contributed by atoms with E-state index in [1.54, 1.807) is 17.8 Å². The number of aromatic nitrogens is 2. The molecule has 1 aromatic heterocycles. The minimum absolute atomic E-state index is 0.0333. The summed E-state index contributed by atoms with van der Waals surface area (Å²) >= 11 is 1.67. The maximum atomic E-state index is 13.4. The Morgan fingerprint density at radius 2 is 1.97 bits per heavy atom. The first-order valence-electron chi connectivity index (χ1n) is 11.3. The Morgan fingerprint density at radius 3 is 2.70 bits per heavy atom. The van der Waals surface area contributed by atoms with E-state index in [1.807, 2.05) is 35.4 Å². The number of carbonyl (C=O) groups excluding carboxylic acids is 2. The first-order valence-corrected chi connectivity index (χ1v) is 12.6. The van der Waals surface area contributed by atoms with Gasteiger partial charge in [-0.15, -0.1) is 11.8 Å². The zero-order valence-electron chi connectivity index (χ0n) is 18.6. The van der Waals surface area contributed by atoms with Gasteiger partial charge in [0.25, 0.3) is 0 Å². The second kappa shape index (κ2) is 8.82. The van der Waals surface area contributed by atoms with Crippen molar-refractivity contribution in [2.24, 2.45) is 11.3 Å². The predicted molar refractivity (Wildman–Crippen MR) is 128 cm³/mol. The van der Waals surface area contributed by atoms with E-state index < -0.39 is 0 Å². The zero-order valence-corrected chi connectivity index (χ0v) is 19.4. The molecule has 2 heterocycles. The van der Waals surface area contributed by atoms with Crippen LogP contribution in [0.4, 0.5) is 10.1 Å². The molecule has 1 spiro atoms. The molecule has 2 N–H and O–H groups in total. The highest BCUT2D eigenvalue weighted by Crippen LogP contribution is 2.59. The number of imidazole rings is 1. The van der Waals surface area contributed by atoms with E-state index in [4.69, 9.17) is 0 Å². The number of halogens is 1. The number of benzene rings is 2. The van der Waals surface area contributed by atoms with Crippen molar-refractivity contribution in [2.45, 2.75) is 37.0 Å². The monoisotopic (exact) mass is 466 g/mol. The fourth-order valence-electron chi connectivity index (χ4n) is 4.91. The van der Waals surface area contributed by atoms with E-state index in [-0.39, 0.29) is 29.0 Å². The summed E-state index contributed by atoms with van der Waals surface area (Å²) in [7, 11) is 0. The van der Waals surface area contributed by atoms with Gasteiger partial charge in [-0.3, -0.25) is 9.59 Å². The number of nitrogens with zero attached hydrogens (tertiary/aromatic N) is 2. The van der Waals surface area contributed by atoms with Crippen LogP contribution in [0.2, 0.25) is 0 Å². The van der Waals surface area contributed by atoms with Crippen molar-refractivity contribution in [3.8, 4) is 0 Å². The number of H-pyrrole nitrogens is 1. The maximum Gasteiger partial charge on any atom is 0.228 e. The summed E-state index contributed by atoms with van der Waals surface area (Å²) in [6.07, 6.45) is 5.53. The molecular weight excluding hydrogens is 439 g/mol. The highest BCUT2D eigenvalue weighted by molar-refractivity contribution is 7.98. The molecule has 33 heavy (non-hydrogen) atoms. The van der Waals surface area contributed by atoms with Gasteiger partial charge < -0.3 is 15.2 Å². The van der Waals surface area contributed by atoms with E-state index in [1.165, 1.54) is 17.0 Å². The van der Waals surface area contributed by atoms with Gasteiger partial charge in [0.1, 0.15) is 11.6 Å². The van der Waals surface area contributed by atoms with E-state index in [9.17, 15) is 14.0 Å². The Morgan fingerprint density at radius 1 is 1.21 bits per heavy atom. The number of carbonyl (C=O) groups is 2. The third kappa shape index (κ3) is 4.62. The van der Waals surface area contributed by atoms with E-state index in [0.29, 0.717) is 42.8 Å². The van der Waals surface area contributed by atoms with Gasteiger partial charge in [0.15, 0.2) is 0 Å². The van der Waals surface area contributed by atoms with E-state index >= 15 is 0 Å². The Bertz CT molecular complexity index is 1180. The van der Waals surface area contributed by atoms with Gasteiger partial charge in [-0.05, 0) is 73.4 Å². The number of piperidine rings is 1. The number of aromatic amines is 1. The van der Waals surface area contributed by atoms with Crippen molar-refractivity contribution in [3.05, 3.63) is 54.1 Å². The van der Waals surface area contributed by atoms with E-state index in [0.717, 1.165) is 24.9 Å². The van der Waals surface area contributed by atoms with Crippen LogP contribution in [0.1, 0.15) is 31.5 Å². The minimum atomic E-state index is -0.309. The van der Waals surface area contributed by atoms with Crippen molar-refractivity contribution >= 4 is 40.3 Å². The lowest BCUT2D eigenvalue weighted by Crippen LogP contribution is -2.40. The average Bonchev–Trinajstić information content (AvgIpc) is 3.37. The fourth-order valence-corrected chi connectivity index (χ4v) is 5.32. The van der Waals surface area contributed by atoms with Crippen LogP contribution < -0.4 is 5.32 Å². The standard InChI is InChI=1S/C25H27FN4O2S/c1-33-18-5-3-17(4-6-18)27-24(32)19-15-25(19)10-12-30(13-11-25)23(31)9-8-22-28-20-7-2-16(26)14-21(20)29-22/h2-7,14,19H,8-13,15H2,1H3,(H,27,32)(H,28,29)/t19-/m1/s1. The lowest BCUT2D eigenvalue weighted by molar-refractivity contribution is -0.132. The third-order valence-corrected chi connectivity index (χ3v) is 7.79. The molecule has 1 saturated carbocycles. The average molecular weight is 467 g/mol. The molecule has 5 rings (SSSR count). The molecular formula is C25H27FN4O2S. The summed E-state index contributed by atoms with van der Waals surface area (Å²) in [5.41, 5.74) is 2.23. The minimum Gasteiger partial charge on any atom is -0.343 e. The highest BCUT2D eigenvalue weighted by Gasteiger charge is 2.58. The molecule has 3 aromatic rings. The molecule has 2 aromatic carbocycles. The first-order chi connectivity index (χ1) is 16.0. The van der Waals surface area contributed by atoms with Gasteiger partial charge in [-0.25, -0.2) is 9.37 Å². The molecule has 0 radical (unpaired) electrons. The van der Waals surface area contributed by atoms with Crippen LogP contribution in [-0.4, -0.2) is 46.0 Å². The summed E-state index contributed by atoms with van der Waals surface area (Å²) in [6, 6.07) is 12.3.